The lowest BCUT2D eigenvalue weighted by molar-refractivity contribution is -0.138. The Morgan fingerprint density at radius 1 is 1.25 bits per heavy atom. The SMILES string of the molecule is CSc1ccncc1NC(=O)[C@H]1C(=O)N(C)C[C@@H]1c1ccc(C(F)(F)F)cc1. The number of amides is 2. The fourth-order valence-electron chi connectivity index (χ4n) is 3.28. The number of pyridine rings is 1. The first-order valence-electron chi connectivity index (χ1n) is 8.43. The molecule has 2 aromatic rings. The Bertz CT molecular complexity index is 887. The molecule has 0 bridgehead atoms. The van der Waals surface area contributed by atoms with Gasteiger partial charge in [0.25, 0.3) is 0 Å². The van der Waals surface area contributed by atoms with Crippen molar-refractivity contribution in [1.82, 2.24) is 9.88 Å². The summed E-state index contributed by atoms with van der Waals surface area (Å²) in [5.74, 6) is -2.41. The van der Waals surface area contributed by atoms with Crippen LogP contribution in [0.2, 0.25) is 0 Å². The molecular weight excluding hydrogens is 391 g/mol. The average Bonchev–Trinajstić information content (AvgIpc) is 2.96. The first-order valence-corrected chi connectivity index (χ1v) is 9.66. The van der Waals surface area contributed by atoms with E-state index in [0.717, 1.165) is 17.0 Å². The summed E-state index contributed by atoms with van der Waals surface area (Å²) in [6, 6.07) is 6.35. The van der Waals surface area contributed by atoms with Crippen LogP contribution < -0.4 is 5.32 Å². The van der Waals surface area contributed by atoms with E-state index in [1.807, 2.05) is 6.26 Å². The summed E-state index contributed by atoms with van der Waals surface area (Å²) in [6.07, 6.45) is 0.512. The number of hydrogen-bond acceptors (Lipinski definition) is 4. The molecule has 0 saturated carbocycles. The molecule has 0 radical (unpaired) electrons. The van der Waals surface area contributed by atoms with E-state index in [1.54, 1.807) is 19.3 Å². The van der Waals surface area contributed by atoms with E-state index in [9.17, 15) is 22.8 Å². The standard InChI is InChI=1S/C19H18F3N3O2S/c1-25-10-13(11-3-5-12(6-4-11)19(20,21)22)16(18(25)27)17(26)24-14-9-23-8-7-15(14)28-2/h3-9,13,16H,10H2,1-2H3,(H,24,26)/t13-,16+/m1/s1. The van der Waals surface area contributed by atoms with E-state index >= 15 is 0 Å². The van der Waals surface area contributed by atoms with Crippen molar-refractivity contribution >= 4 is 29.3 Å². The van der Waals surface area contributed by atoms with E-state index in [0.29, 0.717) is 11.3 Å². The lowest BCUT2D eigenvalue weighted by atomic mass is 9.87. The molecule has 0 spiro atoms. The number of benzene rings is 1. The van der Waals surface area contributed by atoms with Gasteiger partial charge in [0.15, 0.2) is 0 Å². The maximum Gasteiger partial charge on any atom is 0.416 e. The minimum absolute atomic E-state index is 0.255. The highest BCUT2D eigenvalue weighted by atomic mass is 32.2. The molecule has 2 atom stereocenters. The Balaban J connectivity index is 1.87. The monoisotopic (exact) mass is 409 g/mol. The quantitative estimate of drug-likeness (QED) is 0.619. The second-order valence-electron chi connectivity index (χ2n) is 6.49. The Labute approximate surface area is 164 Å². The maximum absolute atomic E-state index is 12.9. The second kappa shape index (κ2) is 7.83. The molecule has 0 aliphatic carbocycles. The van der Waals surface area contributed by atoms with E-state index in [2.05, 4.69) is 10.3 Å². The van der Waals surface area contributed by atoms with Crippen LogP contribution in [-0.4, -0.2) is 41.5 Å². The maximum atomic E-state index is 12.9. The molecular formula is C19H18F3N3O2S. The molecule has 0 unspecified atom stereocenters. The molecule has 2 amide bonds. The van der Waals surface area contributed by atoms with Crippen LogP contribution >= 0.6 is 11.8 Å². The lowest BCUT2D eigenvalue weighted by Crippen LogP contribution is -2.32. The molecule has 1 saturated heterocycles. The molecule has 1 aliphatic heterocycles. The number of anilines is 1. The van der Waals surface area contributed by atoms with Crippen molar-refractivity contribution in [2.45, 2.75) is 17.0 Å². The Morgan fingerprint density at radius 3 is 2.54 bits per heavy atom. The van der Waals surface area contributed by atoms with Crippen LogP contribution in [0.3, 0.4) is 0 Å². The van der Waals surface area contributed by atoms with Gasteiger partial charge in [-0.15, -0.1) is 11.8 Å². The molecule has 1 aromatic heterocycles. The number of hydrogen-bond donors (Lipinski definition) is 1. The third kappa shape index (κ3) is 3.99. The number of aromatic nitrogens is 1. The van der Waals surface area contributed by atoms with Crippen LogP contribution in [-0.2, 0) is 15.8 Å². The van der Waals surface area contributed by atoms with Crippen LogP contribution in [0.5, 0.6) is 0 Å². The van der Waals surface area contributed by atoms with E-state index in [4.69, 9.17) is 0 Å². The zero-order valence-electron chi connectivity index (χ0n) is 15.2. The van der Waals surface area contributed by atoms with Gasteiger partial charge in [-0.2, -0.15) is 13.2 Å². The first-order chi connectivity index (χ1) is 13.2. The Kier molecular flexibility index (Phi) is 5.64. The summed E-state index contributed by atoms with van der Waals surface area (Å²) in [6.45, 7) is 0.255. The number of likely N-dealkylation sites (N-methyl/N-ethyl adjacent to an activating group) is 1. The van der Waals surface area contributed by atoms with Crippen molar-refractivity contribution in [2.24, 2.45) is 5.92 Å². The minimum atomic E-state index is -4.44. The topological polar surface area (TPSA) is 62.3 Å². The van der Waals surface area contributed by atoms with Crippen LogP contribution in [0.1, 0.15) is 17.0 Å². The number of halogens is 3. The number of nitrogens with one attached hydrogen (secondary N) is 1. The van der Waals surface area contributed by atoms with Crippen LogP contribution in [0.4, 0.5) is 18.9 Å². The third-order valence-corrected chi connectivity index (χ3v) is 5.52. The van der Waals surface area contributed by atoms with Gasteiger partial charge in [0.1, 0.15) is 5.92 Å². The molecule has 5 nitrogen and oxygen atoms in total. The predicted octanol–water partition coefficient (Wildman–Crippen LogP) is 3.63. The summed E-state index contributed by atoms with van der Waals surface area (Å²) < 4.78 is 38.4. The smallest absolute Gasteiger partial charge is 0.344 e. The average molecular weight is 409 g/mol. The largest absolute Gasteiger partial charge is 0.416 e. The van der Waals surface area contributed by atoms with Crippen molar-refractivity contribution in [3.05, 3.63) is 53.9 Å². The first kappa shape index (κ1) is 20.2. The molecule has 3 rings (SSSR count). The molecule has 148 valence electrons. The fraction of sp³-hybridized carbons (Fsp3) is 0.316. The number of carbonyl (C=O) groups is 2. The number of thioether (sulfide) groups is 1. The van der Waals surface area contributed by atoms with Crippen molar-refractivity contribution in [2.75, 3.05) is 25.2 Å². The molecule has 1 fully saturated rings. The number of likely N-dealkylation sites (tertiary alicyclic amines) is 1. The number of nitrogens with zero attached hydrogens (tertiary/aromatic N) is 2. The second-order valence-corrected chi connectivity index (χ2v) is 7.34. The van der Waals surface area contributed by atoms with E-state index in [1.165, 1.54) is 35.0 Å². The van der Waals surface area contributed by atoms with Gasteiger partial charge < -0.3 is 10.2 Å². The van der Waals surface area contributed by atoms with Gasteiger partial charge in [-0.05, 0) is 30.0 Å². The zero-order chi connectivity index (χ0) is 20.5. The fourth-order valence-corrected chi connectivity index (χ4v) is 3.80. The normalized spacial score (nSPS) is 19.8. The molecule has 1 aromatic carbocycles. The Morgan fingerprint density at radius 2 is 1.93 bits per heavy atom. The van der Waals surface area contributed by atoms with Crippen LogP contribution in [0.25, 0.3) is 0 Å². The minimum Gasteiger partial charge on any atom is -0.344 e. The summed E-state index contributed by atoms with van der Waals surface area (Å²) in [5.41, 5.74) is 0.241. The molecule has 1 N–H and O–H groups in total. The van der Waals surface area contributed by atoms with Crippen LogP contribution in [0, 0.1) is 5.92 Å². The highest BCUT2D eigenvalue weighted by molar-refractivity contribution is 7.98. The predicted molar refractivity (Wildman–Crippen MR) is 100.0 cm³/mol. The van der Waals surface area contributed by atoms with Crippen molar-refractivity contribution in [3.63, 3.8) is 0 Å². The van der Waals surface area contributed by atoms with Crippen molar-refractivity contribution in [3.8, 4) is 0 Å². The van der Waals surface area contributed by atoms with Crippen molar-refractivity contribution in [1.29, 1.82) is 0 Å². The summed E-state index contributed by atoms with van der Waals surface area (Å²) in [5, 5.41) is 2.74. The number of carbonyl (C=O) groups excluding carboxylic acids is 2. The third-order valence-electron chi connectivity index (χ3n) is 4.72. The zero-order valence-corrected chi connectivity index (χ0v) is 16.0. The highest BCUT2D eigenvalue weighted by Crippen LogP contribution is 2.36. The molecule has 28 heavy (non-hydrogen) atoms. The van der Waals surface area contributed by atoms with Gasteiger partial charge in [-0.3, -0.25) is 14.6 Å². The highest BCUT2D eigenvalue weighted by Gasteiger charge is 2.44. The summed E-state index contributed by atoms with van der Waals surface area (Å²) in [4.78, 5) is 31.6. The van der Waals surface area contributed by atoms with Gasteiger partial charge in [0.2, 0.25) is 11.8 Å². The number of alkyl halides is 3. The Hall–Kier alpha value is -2.55. The molecule has 2 heterocycles. The van der Waals surface area contributed by atoms with Crippen molar-refractivity contribution < 1.29 is 22.8 Å². The van der Waals surface area contributed by atoms with Gasteiger partial charge in [0, 0.05) is 30.6 Å². The van der Waals surface area contributed by atoms with Gasteiger partial charge in [0.05, 0.1) is 17.4 Å². The lowest BCUT2D eigenvalue weighted by Gasteiger charge is -2.18. The van der Waals surface area contributed by atoms with Crippen LogP contribution in [0.15, 0.2) is 47.6 Å². The van der Waals surface area contributed by atoms with Gasteiger partial charge in [-0.1, -0.05) is 12.1 Å². The molecule has 1 aliphatic rings. The van der Waals surface area contributed by atoms with Gasteiger partial charge in [-0.25, -0.2) is 0 Å². The van der Waals surface area contributed by atoms with E-state index in [-0.39, 0.29) is 12.5 Å². The van der Waals surface area contributed by atoms with Gasteiger partial charge >= 0.3 is 6.18 Å². The summed E-state index contributed by atoms with van der Waals surface area (Å²) >= 11 is 1.43. The van der Waals surface area contributed by atoms with E-state index < -0.39 is 29.5 Å². The summed E-state index contributed by atoms with van der Waals surface area (Å²) in [7, 11) is 1.57. The number of rotatable bonds is 4. The molecule has 9 heteroatoms.